The molecule has 1 amide bonds. The summed E-state index contributed by atoms with van der Waals surface area (Å²) >= 11 is 8.94. The van der Waals surface area contributed by atoms with Gasteiger partial charge in [0.1, 0.15) is 5.01 Å². The Morgan fingerprint density at radius 2 is 1.97 bits per heavy atom. The van der Waals surface area contributed by atoms with Crippen LogP contribution >= 0.6 is 34.7 Å². The molecule has 3 aromatic heterocycles. The van der Waals surface area contributed by atoms with Crippen LogP contribution in [0.5, 0.6) is 0 Å². The second kappa shape index (κ2) is 10.9. The zero-order valence-corrected chi connectivity index (χ0v) is 21.2. The minimum absolute atomic E-state index is 0.185. The molecule has 34 heavy (non-hydrogen) atoms. The summed E-state index contributed by atoms with van der Waals surface area (Å²) in [5, 5.41) is 16.5. The van der Waals surface area contributed by atoms with E-state index in [9.17, 15) is 4.79 Å². The van der Waals surface area contributed by atoms with E-state index in [1.54, 1.807) is 0 Å². The van der Waals surface area contributed by atoms with Crippen LogP contribution in [-0.2, 0) is 11.2 Å². The van der Waals surface area contributed by atoms with Crippen LogP contribution in [0.3, 0.4) is 0 Å². The number of thioether (sulfide) groups is 1. The van der Waals surface area contributed by atoms with Crippen LogP contribution in [0.2, 0.25) is 5.02 Å². The van der Waals surface area contributed by atoms with Crippen LogP contribution in [0.4, 0.5) is 5.95 Å². The van der Waals surface area contributed by atoms with E-state index in [-0.39, 0.29) is 11.7 Å². The predicted octanol–water partition coefficient (Wildman–Crippen LogP) is 4.31. The first-order chi connectivity index (χ1) is 16.4. The summed E-state index contributed by atoms with van der Waals surface area (Å²) in [4.78, 5) is 29.2. The number of carbonyl (C=O) groups is 1. The average molecular weight is 515 g/mol. The Morgan fingerprint density at radius 3 is 2.71 bits per heavy atom. The van der Waals surface area contributed by atoms with Gasteiger partial charge < -0.3 is 4.98 Å². The van der Waals surface area contributed by atoms with E-state index in [2.05, 4.69) is 40.8 Å². The zero-order chi connectivity index (χ0) is 24.1. The van der Waals surface area contributed by atoms with Gasteiger partial charge >= 0.3 is 0 Å². The van der Waals surface area contributed by atoms with E-state index in [0.29, 0.717) is 29.9 Å². The molecule has 0 saturated heterocycles. The molecule has 3 N–H and O–H groups in total. The highest BCUT2D eigenvalue weighted by molar-refractivity contribution is 8.01. The number of hydrogen-bond donors (Lipinski definition) is 3. The molecule has 1 aromatic carbocycles. The van der Waals surface area contributed by atoms with Gasteiger partial charge in [-0.25, -0.2) is 9.97 Å². The van der Waals surface area contributed by atoms with Gasteiger partial charge in [0.05, 0.1) is 5.75 Å². The standard InChI is InChI=1S/C22H23ClN8OS2/c1-12-8-13(2)27-21(26-12)29-20(28-19(32)11-33-22-31-30-14(3)34-22)24-7-6-15-10-25-18-5-4-16(23)9-17(15)18/h4-5,8-10,25H,6-7,11H2,1-3H3,(H2,24,26,27,28,29,32). The first-order valence-corrected chi connectivity index (χ1v) is 12.7. The maximum Gasteiger partial charge on any atom is 0.237 e. The van der Waals surface area contributed by atoms with Crippen LogP contribution in [-0.4, -0.2) is 49.3 Å². The van der Waals surface area contributed by atoms with Crippen molar-refractivity contribution in [3.63, 3.8) is 0 Å². The number of guanidine groups is 1. The van der Waals surface area contributed by atoms with Crippen LogP contribution in [0, 0.1) is 20.8 Å². The number of benzene rings is 1. The molecular weight excluding hydrogens is 492 g/mol. The molecule has 4 aromatic rings. The number of fused-ring (bicyclic) bond motifs is 1. The molecule has 0 aliphatic heterocycles. The number of aromatic nitrogens is 5. The number of nitrogens with one attached hydrogen (secondary N) is 3. The number of anilines is 1. The summed E-state index contributed by atoms with van der Waals surface area (Å²) < 4.78 is 0.745. The highest BCUT2D eigenvalue weighted by Gasteiger charge is 2.12. The van der Waals surface area contributed by atoms with Crippen molar-refractivity contribution < 1.29 is 4.79 Å². The van der Waals surface area contributed by atoms with E-state index in [4.69, 9.17) is 11.6 Å². The molecule has 0 spiro atoms. The van der Waals surface area contributed by atoms with Gasteiger partial charge in [-0.1, -0.05) is 34.7 Å². The van der Waals surface area contributed by atoms with Crippen molar-refractivity contribution in [2.45, 2.75) is 31.5 Å². The number of aromatic amines is 1. The fourth-order valence-corrected chi connectivity index (χ4v) is 5.06. The van der Waals surface area contributed by atoms with Crippen LogP contribution in [0.25, 0.3) is 10.9 Å². The molecule has 12 heteroatoms. The molecule has 0 unspecified atom stereocenters. The summed E-state index contributed by atoms with van der Waals surface area (Å²) in [5.74, 6) is 0.640. The number of hydrogen-bond acceptors (Lipinski definition) is 8. The number of carbonyl (C=O) groups excluding carboxylic acids is 1. The molecule has 0 radical (unpaired) electrons. The number of rotatable bonds is 7. The molecule has 0 aliphatic rings. The van der Waals surface area contributed by atoms with Gasteiger partial charge in [-0.2, -0.15) is 0 Å². The second-order valence-electron chi connectivity index (χ2n) is 7.51. The van der Waals surface area contributed by atoms with Crippen molar-refractivity contribution in [1.29, 1.82) is 0 Å². The number of aliphatic imine (C=N–C) groups is 1. The highest BCUT2D eigenvalue weighted by atomic mass is 35.5. The molecular formula is C22H23ClN8OS2. The van der Waals surface area contributed by atoms with E-state index < -0.39 is 0 Å². The Balaban J connectivity index is 1.46. The van der Waals surface area contributed by atoms with E-state index in [0.717, 1.165) is 37.2 Å². The lowest BCUT2D eigenvalue weighted by Crippen LogP contribution is -2.38. The fourth-order valence-electron chi connectivity index (χ4n) is 3.28. The quantitative estimate of drug-likeness (QED) is 0.191. The Hall–Kier alpha value is -3.02. The molecule has 0 atom stereocenters. The summed E-state index contributed by atoms with van der Waals surface area (Å²) in [6.45, 7) is 6.09. The molecule has 0 saturated carbocycles. The van der Waals surface area contributed by atoms with Gasteiger partial charge in [0, 0.05) is 40.1 Å². The summed E-state index contributed by atoms with van der Waals surface area (Å²) in [7, 11) is 0. The number of H-pyrrole nitrogens is 1. The van der Waals surface area contributed by atoms with Gasteiger partial charge in [-0.05, 0) is 57.0 Å². The average Bonchev–Trinajstić information content (AvgIpc) is 3.37. The van der Waals surface area contributed by atoms with Crippen molar-refractivity contribution in [2.24, 2.45) is 4.99 Å². The maximum atomic E-state index is 12.6. The van der Waals surface area contributed by atoms with Crippen molar-refractivity contribution in [1.82, 2.24) is 30.5 Å². The van der Waals surface area contributed by atoms with Crippen molar-refractivity contribution in [3.8, 4) is 0 Å². The first kappa shape index (κ1) is 24.1. The van der Waals surface area contributed by atoms with Gasteiger partial charge in [0.15, 0.2) is 4.34 Å². The molecule has 3 heterocycles. The third-order valence-corrected chi connectivity index (χ3v) is 6.89. The minimum atomic E-state index is -0.215. The van der Waals surface area contributed by atoms with Crippen molar-refractivity contribution in [2.75, 3.05) is 17.6 Å². The van der Waals surface area contributed by atoms with Gasteiger partial charge in [-0.15, -0.1) is 10.2 Å². The lowest BCUT2D eigenvalue weighted by molar-refractivity contribution is -0.117. The third kappa shape index (κ3) is 6.52. The number of nitrogens with zero attached hydrogens (tertiary/aromatic N) is 5. The molecule has 176 valence electrons. The van der Waals surface area contributed by atoms with Gasteiger partial charge in [0.2, 0.25) is 17.8 Å². The van der Waals surface area contributed by atoms with Gasteiger partial charge in [0.25, 0.3) is 0 Å². The third-order valence-electron chi connectivity index (χ3n) is 4.69. The Bertz CT molecular complexity index is 1330. The van der Waals surface area contributed by atoms with Crippen molar-refractivity contribution >= 4 is 63.4 Å². The second-order valence-corrected chi connectivity index (χ2v) is 10.3. The lowest BCUT2D eigenvalue weighted by atomic mass is 10.1. The van der Waals surface area contributed by atoms with E-state index in [1.165, 1.54) is 23.1 Å². The molecule has 0 aliphatic carbocycles. The Kier molecular flexibility index (Phi) is 7.76. The largest absolute Gasteiger partial charge is 0.361 e. The Morgan fingerprint density at radius 1 is 1.18 bits per heavy atom. The lowest BCUT2D eigenvalue weighted by Gasteiger charge is -2.11. The van der Waals surface area contributed by atoms with Crippen LogP contribution in [0.15, 0.2) is 39.8 Å². The normalized spacial score (nSPS) is 11.7. The van der Waals surface area contributed by atoms with E-state index in [1.807, 2.05) is 51.2 Å². The zero-order valence-electron chi connectivity index (χ0n) is 18.8. The topological polar surface area (TPSA) is 121 Å². The molecule has 0 bridgehead atoms. The Labute approximate surface area is 209 Å². The predicted molar refractivity (Wildman–Crippen MR) is 138 cm³/mol. The van der Waals surface area contributed by atoms with Gasteiger partial charge in [-0.3, -0.25) is 20.4 Å². The smallest absolute Gasteiger partial charge is 0.237 e. The molecule has 9 nitrogen and oxygen atoms in total. The SMILES string of the molecule is Cc1cc(C)nc(NC(=NCCc2c[nH]c3ccc(Cl)cc23)NC(=O)CSc2nnc(C)s2)n1. The van der Waals surface area contributed by atoms with E-state index >= 15 is 0 Å². The van der Waals surface area contributed by atoms with Crippen molar-refractivity contribution in [3.05, 3.63) is 57.4 Å². The summed E-state index contributed by atoms with van der Waals surface area (Å²) in [6.07, 6.45) is 2.61. The minimum Gasteiger partial charge on any atom is -0.361 e. The number of halogens is 1. The number of amides is 1. The summed E-state index contributed by atoms with van der Waals surface area (Å²) in [5.41, 5.74) is 3.75. The molecule has 0 fully saturated rings. The maximum absolute atomic E-state index is 12.6. The highest BCUT2D eigenvalue weighted by Crippen LogP contribution is 2.23. The first-order valence-electron chi connectivity index (χ1n) is 10.5. The van der Waals surface area contributed by atoms with Crippen LogP contribution in [0.1, 0.15) is 22.0 Å². The monoisotopic (exact) mass is 514 g/mol. The molecule has 4 rings (SSSR count). The summed E-state index contributed by atoms with van der Waals surface area (Å²) in [6, 6.07) is 7.61. The number of aryl methyl sites for hydroxylation is 3. The van der Waals surface area contributed by atoms with Crippen LogP contribution < -0.4 is 10.6 Å². The fraction of sp³-hybridized carbons (Fsp3) is 0.273.